The molecule has 1 aromatic heterocycles. The maximum Gasteiger partial charge on any atom is 0.101 e. The molecule has 136 valence electrons. The fourth-order valence-electron chi connectivity index (χ4n) is 4.24. The van der Waals surface area contributed by atoms with Gasteiger partial charge in [-0.1, -0.05) is 36.4 Å². The zero-order valence-electron chi connectivity index (χ0n) is 15.7. The van der Waals surface area contributed by atoms with Gasteiger partial charge in [0.2, 0.25) is 0 Å². The number of hydrogen-bond acceptors (Lipinski definition) is 4. The monoisotopic (exact) mass is 380 g/mol. The first kappa shape index (κ1) is 16.4. The van der Waals surface area contributed by atoms with Crippen LogP contribution in [0.4, 0.5) is 0 Å². The standard InChI is InChI=1S/C26H12N4/c27-13-17-11-20-19-9-15-5-1-2-6-16(15)10-21(19)25-26(22(20)12-18(17)14-28)30-24-8-4-3-7-23(24)29-25/h1-12H. The molecule has 0 spiro atoms. The number of benzene rings is 5. The number of fused-ring (bicyclic) bond motifs is 8. The molecular weight excluding hydrogens is 368 g/mol. The molecule has 4 nitrogen and oxygen atoms in total. The van der Waals surface area contributed by atoms with Gasteiger partial charge in [-0.25, -0.2) is 9.97 Å². The Bertz CT molecular complexity index is 1640. The zero-order chi connectivity index (χ0) is 20.2. The Kier molecular flexibility index (Phi) is 3.27. The van der Waals surface area contributed by atoms with Crippen LogP contribution in [0.2, 0.25) is 0 Å². The molecule has 0 aliphatic heterocycles. The highest BCUT2D eigenvalue weighted by molar-refractivity contribution is 6.26. The Balaban J connectivity index is 1.96. The summed E-state index contributed by atoms with van der Waals surface area (Å²) in [5, 5.41) is 25.1. The summed E-state index contributed by atoms with van der Waals surface area (Å²) in [7, 11) is 0. The Morgan fingerprint density at radius 2 is 0.967 bits per heavy atom. The van der Waals surface area contributed by atoms with Crippen LogP contribution in [0, 0.1) is 22.7 Å². The van der Waals surface area contributed by atoms with Crippen molar-refractivity contribution >= 4 is 54.4 Å². The molecular formula is C26H12N4. The van der Waals surface area contributed by atoms with Crippen LogP contribution in [0.3, 0.4) is 0 Å². The van der Waals surface area contributed by atoms with Crippen LogP contribution in [0.25, 0.3) is 54.4 Å². The maximum absolute atomic E-state index is 9.58. The van der Waals surface area contributed by atoms with Crippen molar-refractivity contribution in [3.05, 3.63) is 83.9 Å². The summed E-state index contributed by atoms with van der Waals surface area (Å²) in [5.74, 6) is 0. The molecule has 1 heterocycles. The summed E-state index contributed by atoms with van der Waals surface area (Å²) in [6.45, 7) is 0. The molecule has 0 aliphatic carbocycles. The Labute approximate surface area is 171 Å². The first-order valence-corrected chi connectivity index (χ1v) is 9.56. The second kappa shape index (κ2) is 5.98. The lowest BCUT2D eigenvalue weighted by Gasteiger charge is -2.12. The van der Waals surface area contributed by atoms with Gasteiger partial charge in [-0.15, -0.1) is 0 Å². The molecule has 0 saturated heterocycles. The van der Waals surface area contributed by atoms with Gasteiger partial charge in [0.1, 0.15) is 12.1 Å². The summed E-state index contributed by atoms with van der Waals surface area (Å²) < 4.78 is 0. The number of nitriles is 2. The number of para-hydroxylation sites is 2. The van der Waals surface area contributed by atoms with Gasteiger partial charge in [-0.05, 0) is 57.9 Å². The van der Waals surface area contributed by atoms with E-state index in [4.69, 9.17) is 9.97 Å². The second-order valence-electron chi connectivity index (χ2n) is 7.32. The smallest absolute Gasteiger partial charge is 0.101 e. The summed E-state index contributed by atoms with van der Waals surface area (Å²) in [5.41, 5.74) is 3.89. The van der Waals surface area contributed by atoms with Gasteiger partial charge < -0.3 is 0 Å². The Morgan fingerprint density at radius 3 is 1.53 bits per heavy atom. The van der Waals surface area contributed by atoms with E-state index in [1.165, 1.54) is 0 Å². The molecule has 0 atom stereocenters. The van der Waals surface area contributed by atoms with E-state index in [2.05, 4.69) is 36.4 Å². The molecule has 0 fully saturated rings. The van der Waals surface area contributed by atoms with Crippen molar-refractivity contribution in [2.24, 2.45) is 0 Å². The van der Waals surface area contributed by atoms with Gasteiger partial charge in [-0.2, -0.15) is 10.5 Å². The zero-order valence-corrected chi connectivity index (χ0v) is 15.7. The third kappa shape index (κ3) is 2.19. The van der Waals surface area contributed by atoms with E-state index in [1.807, 2.05) is 36.4 Å². The third-order valence-corrected chi connectivity index (χ3v) is 5.66. The molecule has 0 radical (unpaired) electrons. The SMILES string of the molecule is N#Cc1cc2c3cc4ccccc4cc3c3nc4ccccc4nc3c2cc1C#N. The van der Waals surface area contributed by atoms with Crippen LogP contribution < -0.4 is 0 Å². The molecule has 0 unspecified atom stereocenters. The summed E-state index contributed by atoms with van der Waals surface area (Å²) in [6.07, 6.45) is 0. The number of nitrogens with zero attached hydrogens (tertiary/aromatic N) is 4. The minimum absolute atomic E-state index is 0.349. The van der Waals surface area contributed by atoms with Crippen LogP contribution in [-0.4, -0.2) is 9.97 Å². The molecule has 0 aliphatic rings. The summed E-state index contributed by atoms with van der Waals surface area (Å²) >= 11 is 0. The van der Waals surface area contributed by atoms with Crippen molar-refractivity contribution in [3.8, 4) is 12.1 Å². The Hall–Kier alpha value is -4.54. The minimum atomic E-state index is 0.349. The van der Waals surface area contributed by atoms with E-state index < -0.39 is 0 Å². The van der Waals surface area contributed by atoms with E-state index in [0.717, 1.165) is 54.4 Å². The van der Waals surface area contributed by atoms with Crippen LogP contribution >= 0.6 is 0 Å². The Morgan fingerprint density at radius 1 is 0.533 bits per heavy atom. The van der Waals surface area contributed by atoms with Crippen LogP contribution in [0.1, 0.15) is 11.1 Å². The molecule has 5 aromatic carbocycles. The molecule has 6 rings (SSSR count). The predicted octanol–water partition coefficient (Wildman–Crippen LogP) is 5.99. The van der Waals surface area contributed by atoms with Gasteiger partial charge >= 0.3 is 0 Å². The van der Waals surface area contributed by atoms with Gasteiger partial charge in [0.25, 0.3) is 0 Å². The number of rotatable bonds is 0. The van der Waals surface area contributed by atoms with Crippen molar-refractivity contribution in [3.63, 3.8) is 0 Å². The molecule has 0 bridgehead atoms. The van der Waals surface area contributed by atoms with Crippen molar-refractivity contribution in [1.29, 1.82) is 10.5 Å². The lowest BCUT2D eigenvalue weighted by Crippen LogP contribution is -1.93. The van der Waals surface area contributed by atoms with Crippen molar-refractivity contribution in [1.82, 2.24) is 9.97 Å². The van der Waals surface area contributed by atoms with E-state index >= 15 is 0 Å². The van der Waals surface area contributed by atoms with Gasteiger partial charge in [-0.3, -0.25) is 0 Å². The molecule has 30 heavy (non-hydrogen) atoms. The fraction of sp³-hybridized carbons (Fsp3) is 0. The lowest BCUT2D eigenvalue weighted by molar-refractivity contribution is 1.41. The molecule has 0 amide bonds. The van der Waals surface area contributed by atoms with Crippen LogP contribution in [-0.2, 0) is 0 Å². The summed E-state index contributed by atoms with van der Waals surface area (Å²) in [6, 6.07) is 28.1. The molecule has 4 heteroatoms. The van der Waals surface area contributed by atoms with Crippen LogP contribution in [0.5, 0.6) is 0 Å². The van der Waals surface area contributed by atoms with Crippen molar-refractivity contribution < 1.29 is 0 Å². The van der Waals surface area contributed by atoms with Gasteiger partial charge in [0.05, 0.1) is 33.2 Å². The quantitative estimate of drug-likeness (QED) is 0.240. The average Bonchev–Trinajstić information content (AvgIpc) is 2.81. The molecule has 0 saturated carbocycles. The first-order valence-electron chi connectivity index (χ1n) is 9.56. The lowest BCUT2D eigenvalue weighted by atomic mass is 9.93. The van der Waals surface area contributed by atoms with Crippen LogP contribution in [0.15, 0.2) is 72.8 Å². The highest BCUT2D eigenvalue weighted by Crippen LogP contribution is 2.37. The molecule has 6 aromatic rings. The predicted molar refractivity (Wildman–Crippen MR) is 119 cm³/mol. The average molecular weight is 380 g/mol. The van der Waals surface area contributed by atoms with E-state index in [0.29, 0.717) is 11.1 Å². The highest BCUT2D eigenvalue weighted by atomic mass is 14.8. The third-order valence-electron chi connectivity index (χ3n) is 5.66. The highest BCUT2D eigenvalue weighted by Gasteiger charge is 2.16. The first-order chi connectivity index (χ1) is 14.8. The maximum atomic E-state index is 9.58. The van der Waals surface area contributed by atoms with Crippen molar-refractivity contribution in [2.75, 3.05) is 0 Å². The minimum Gasteiger partial charge on any atom is -0.244 e. The van der Waals surface area contributed by atoms with E-state index in [-0.39, 0.29) is 0 Å². The number of aromatic nitrogens is 2. The fourth-order valence-corrected chi connectivity index (χ4v) is 4.24. The topological polar surface area (TPSA) is 73.4 Å². The molecule has 0 N–H and O–H groups in total. The normalized spacial score (nSPS) is 11.3. The summed E-state index contributed by atoms with van der Waals surface area (Å²) in [4.78, 5) is 9.86. The van der Waals surface area contributed by atoms with E-state index in [9.17, 15) is 10.5 Å². The van der Waals surface area contributed by atoms with E-state index in [1.54, 1.807) is 12.1 Å². The second-order valence-corrected chi connectivity index (χ2v) is 7.32. The van der Waals surface area contributed by atoms with Crippen molar-refractivity contribution in [2.45, 2.75) is 0 Å². The number of hydrogen-bond donors (Lipinski definition) is 0. The van der Waals surface area contributed by atoms with Gasteiger partial charge in [0, 0.05) is 10.8 Å². The van der Waals surface area contributed by atoms with Gasteiger partial charge in [0.15, 0.2) is 0 Å². The largest absolute Gasteiger partial charge is 0.244 e.